The molecule has 3 rings (SSSR count). The number of rotatable bonds is 5. The number of hydrogen-bond donors (Lipinski definition) is 1. The number of benzene rings is 1. The number of nitrogens with zero attached hydrogens (tertiary/aromatic N) is 2. The van der Waals surface area contributed by atoms with Crippen LogP contribution in [0.3, 0.4) is 0 Å². The Labute approximate surface area is 156 Å². The van der Waals surface area contributed by atoms with Gasteiger partial charge in [-0.05, 0) is 42.5 Å². The van der Waals surface area contributed by atoms with Crippen LogP contribution in [0.15, 0.2) is 75.1 Å². The van der Waals surface area contributed by atoms with Gasteiger partial charge in [0.25, 0.3) is 5.91 Å². The molecule has 1 amide bonds. The van der Waals surface area contributed by atoms with E-state index in [0.717, 1.165) is 4.47 Å². The maximum atomic E-state index is 12.0. The Morgan fingerprint density at radius 1 is 1.23 bits per heavy atom. The van der Waals surface area contributed by atoms with Crippen LogP contribution in [0.25, 0.3) is 0 Å². The van der Waals surface area contributed by atoms with Crippen LogP contribution < -0.4 is 10.2 Å². The average molecular weight is 414 g/mol. The number of esters is 1. The van der Waals surface area contributed by atoms with Gasteiger partial charge in [0.05, 0.1) is 18.0 Å². The zero-order chi connectivity index (χ0) is 18.4. The van der Waals surface area contributed by atoms with E-state index in [2.05, 4.69) is 31.4 Å². The highest BCUT2D eigenvalue weighted by atomic mass is 79.9. The summed E-state index contributed by atoms with van der Waals surface area (Å²) in [5.74, 6) is -0.681. The van der Waals surface area contributed by atoms with Crippen molar-refractivity contribution in [2.45, 2.75) is 0 Å². The van der Waals surface area contributed by atoms with Crippen LogP contribution in [0.1, 0.15) is 26.5 Å². The van der Waals surface area contributed by atoms with Gasteiger partial charge in [-0.3, -0.25) is 9.78 Å². The van der Waals surface area contributed by atoms with Gasteiger partial charge in [0.1, 0.15) is 5.75 Å². The molecule has 0 aliphatic carbocycles. The third kappa shape index (κ3) is 4.42. The van der Waals surface area contributed by atoms with E-state index in [4.69, 9.17) is 9.15 Å². The van der Waals surface area contributed by atoms with Crippen molar-refractivity contribution in [2.75, 3.05) is 0 Å². The van der Waals surface area contributed by atoms with Crippen molar-refractivity contribution >= 4 is 34.0 Å². The molecule has 0 saturated heterocycles. The fraction of sp³-hybridized carbons (Fsp3) is 0. The van der Waals surface area contributed by atoms with Crippen molar-refractivity contribution in [3.8, 4) is 5.75 Å². The lowest BCUT2D eigenvalue weighted by Crippen LogP contribution is -2.17. The number of hydrogen-bond acceptors (Lipinski definition) is 6. The van der Waals surface area contributed by atoms with E-state index in [0.29, 0.717) is 11.1 Å². The molecule has 0 fully saturated rings. The molecule has 1 N–H and O–H groups in total. The van der Waals surface area contributed by atoms with E-state index in [1.165, 1.54) is 24.7 Å². The van der Waals surface area contributed by atoms with Gasteiger partial charge < -0.3 is 9.15 Å². The summed E-state index contributed by atoms with van der Waals surface area (Å²) in [6, 6.07) is 11.4. The van der Waals surface area contributed by atoms with E-state index in [9.17, 15) is 9.59 Å². The van der Waals surface area contributed by atoms with Crippen LogP contribution in [-0.4, -0.2) is 23.1 Å². The summed E-state index contributed by atoms with van der Waals surface area (Å²) in [5.41, 5.74) is 3.26. The maximum absolute atomic E-state index is 12.0. The summed E-state index contributed by atoms with van der Waals surface area (Å²) in [6.45, 7) is 0. The van der Waals surface area contributed by atoms with Gasteiger partial charge in [0.15, 0.2) is 0 Å². The first-order valence-electron chi connectivity index (χ1n) is 7.42. The molecule has 8 heteroatoms. The smallest absolute Gasteiger partial charge is 0.379 e. The van der Waals surface area contributed by atoms with Gasteiger partial charge in [0, 0.05) is 22.4 Å². The molecule has 1 aromatic carbocycles. The number of carbonyl (C=O) groups is 2. The molecule has 0 saturated carbocycles. The monoisotopic (exact) mass is 413 g/mol. The Morgan fingerprint density at radius 3 is 2.85 bits per heavy atom. The Kier molecular flexibility index (Phi) is 5.55. The number of nitrogens with one attached hydrogen (secondary N) is 1. The first-order chi connectivity index (χ1) is 12.6. The molecular formula is C18H12BrN3O4. The van der Waals surface area contributed by atoms with Crippen LogP contribution in [-0.2, 0) is 0 Å². The number of pyridine rings is 1. The van der Waals surface area contributed by atoms with Crippen molar-refractivity contribution in [1.29, 1.82) is 0 Å². The summed E-state index contributed by atoms with van der Waals surface area (Å²) < 4.78 is 11.1. The van der Waals surface area contributed by atoms with Gasteiger partial charge in [0.2, 0.25) is 5.76 Å². The molecule has 0 unspecified atom stereocenters. The fourth-order valence-corrected chi connectivity index (χ4v) is 2.36. The zero-order valence-electron chi connectivity index (χ0n) is 13.3. The van der Waals surface area contributed by atoms with Gasteiger partial charge >= 0.3 is 5.97 Å². The predicted molar refractivity (Wildman–Crippen MR) is 97.1 cm³/mol. The lowest BCUT2D eigenvalue weighted by Gasteiger charge is -2.06. The Morgan fingerprint density at radius 2 is 2.12 bits per heavy atom. The molecule has 7 nitrogen and oxygen atoms in total. The van der Waals surface area contributed by atoms with Gasteiger partial charge in [-0.1, -0.05) is 15.9 Å². The summed E-state index contributed by atoms with van der Waals surface area (Å²) >= 11 is 3.34. The SMILES string of the molecule is O=C(N/N=C/c1cc(Br)ccc1OC(=O)c1ccco1)c1cccnc1. The molecule has 26 heavy (non-hydrogen) atoms. The Balaban J connectivity index is 1.73. The highest BCUT2D eigenvalue weighted by Gasteiger charge is 2.14. The largest absolute Gasteiger partial charge is 0.457 e. The summed E-state index contributed by atoms with van der Waals surface area (Å²) in [5, 5.41) is 3.90. The number of hydrazone groups is 1. The second kappa shape index (κ2) is 8.21. The molecule has 0 atom stereocenters. The molecule has 2 aromatic heterocycles. The van der Waals surface area contributed by atoms with Crippen LogP contribution in [0.5, 0.6) is 5.75 Å². The van der Waals surface area contributed by atoms with E-state index in [1.54, 1.807) is 42.6 Å². The summed E-state index contributed by atoms with van der Waals surface area (Å²) in [6.07, 6.45) is 5.76. The molecule has 0 spiro atoms. The maximum Gasteiger partial charge on any atom is 0.379 e. The molecular weight excluding hydrogens is 402 g/mol. The third-order valence-electron chi connectivity index (χ3n) is 3.19. The first kappa shape index (κ1) is 17.6. The molecule has 2 heterocycles. The van der Waals surface area contributed by atoms with Gasteiger partial charge in [-0.15, -0.1) is 0 Å². The van der Waals surface area contributed by atoms with Crippen LogP contribution in [0, 0.1) is 0 Å². The van der Waals surface area contributed by atoms with Crippen molar-refractivity contribution in [1.82, 2.24) is 10.4 Å². The minimum atomic E-state index is -0.633. The van der Waals surface area contributed by atoms with Crippen LogP contribution in [0.2, 0.25) is 0 Å². The molecule has 130 valence electrons. The lowest BCUT2D eigenvalue weighted by molar-refractivity contribution is 0.0701. The third-order valence-corrected chi connectivity index (χ3v) is 3.68. The summed E-state index contributed by atoms with van der Waals surface area (Å²) in [7, 11) is 0. The van der Waals surface area contributed by atoms with Crippen molar-refractivity contribution in [3.63, 3.8) is 0 Å². The fourth-order valence-electron chi connectivity index (χ4n) is 1.98. The molecule has 0 radical (unpaired) electrons. The van der Waals surface area contributed by atoms with Crippen molar-refractivity contribution in [2.24, 2.45) is 5.10 Å². The lowest BCUT2D eigenvalue weighted by atomic mass is 10.2. The highest BCUT2D eigenvalue weighted by molar-refractivity contribution is 9.10. The minimum Gasteiger partial charge on any atom is -0.457 e. The van der Waals surface area contributed by atoms with Gasteiger partial charge in [-0.2, -0.15) is 5.10 Å². The quantitative estimate of drug-likeness (QED) is 0.299. The van der Waals surface area contributed by atoms with Crippen molar-refractivity contribution < 1.29 is 18.7 Å². The van der Waals surface area contributed by atoms with Crippen molar-refractivity contribution in [3.05, 3.63) is 82.5 Å². The second-order valence-corrected chi connectivity index (χ2v) is 5.91. The highest BCUT2D eigenvalue weighted by Crippen LogP contribution is 2.23. The van der Waals surface area contributed by atoms with E-state index < -0.39 is 11.9 Å². The van der Waals surface area contributed by atoms with E-state index in [-0.39, 0.29) is 11.5 Å². The number of ether oxygens (including phenoxy) is 1. The molecule has 0 aliphatic rings. The van der Waals surface area contributed by atoms with E-state index >= 15 is 0 Å². The summed E-state index contributed by atoms with van der Waals surface area (Å²) in [4.78, 5) is 27.8. The van der Waals surface area contributed by atoms with Crippen LogP contribution >= 0.6 is 15.9 Å². The molecule has 0 bridgehead atoms. The Bertz CT molecular complexity index is 940. The molecule has 0 aliphatic heterocycles. The van der Waals surface area contributed by atoms with Crippen LogP contribution in [0.4, 0.5) is 0 Å². The number of carbonyl (C=O) groups excluding carboxylic acids is 2. The number of halogens is 1. The van der Waals surface area contributed by atoms with E-state index in [1.807, 2.05) is 0 Å². The first-order valence-corrected chi connectivity index (χ1v) is 8.21. The zero-order valence-corrected chi connectivity index (χ0v) is 14.8. The standard InChI is InChI=1S/C18H12BrN3O4/c19-14-5-6-15(26-18(24)16-4-2-8-25-16)13(9-14)11-21-22-17(23)12-3-1-7-20-10-12/h1-11H,(H,22,23)/b21-11+. The predicted octanol–water partition coefficient (Wildman–Crippen LogP) is 3.42. The number of amides is 1. The van der Waals surface area contributed by atoms with Gasteiger partial charge in [-0.25, -0.2) is 10.2 Å². The average Bonchev–Trinajstić information content (AvgIpc) is 3.19. The Hall–Kier alpha value is -3.26. The topological polar surface area (TPSA) is 93.8 Å². The number of aromatic nitrogens is 1. The molecule has 3 aromatic rings. The minimum absolute atomic E-state index is 0.0840. The normalized spacial score (nSPS) is 10.7. The number of furan rings is 1. The second-order valence-electron chi connectivity index (χ2n) is 4.99.